The van der Waals surface area contributed by atoms with Crippen LogP contribution in [-0.4, -0.2) is 23.3 Å². The Balaban J connectivity index is 1.90. The first-order valence-electron chi connectivity index (χ1n) is 7.03. The van der Waals surface area contributed by atoms with Crippen LogP contribution in [0.3, 0.4) is 0 Å². The summed E-state index contributed by atoms with van der Waals surface area (Å²) in [4.78, 5) is 27.1. The number of rotatable bonds is 5. The zero-order valence-corrected chi connectivity index (χ0v) is 13.7. The SMILES string of the molecule is CC(=O)Nc1nc(C(=O)NC[C@H](C)c2ccc(C)cc2)cs1. The van der Waals surface area contributed by atoms with Crippen LogP contribution in [-0.2, 0) is 4.79 Å². The molecule has 2 amide bonds. The maximum absolute atomic E-state index is 12.1. The van der Waals surface area contributed by atoms with Crippen LogP contribution in [0.25, 0.3) is 0 Å². The fourth-order valence-electron chi connectivity index (χ4n) is 1.94. The molecule has 2 aromatic rings. The predicted molar refractivity (Wildman–Crippen MR) is 88.3 cm³/mol. The molecule has 5 nitrogen and oxygen atoms in total. The molecular weight excluding hydrogens is 298 g/mol. The van der Waals surface area contributed by atoms with E-state index in [0.717, 1.165) is 0 Å². The van der Waals surface area contributed by atoms with E-state index < -0.39 is 0 Å². The molecule has 1 aromatic heterocycles. The third-order valence-electron chi connectivity index (χ3n) is 3.23. The van der Waals surface area contributed by atoms with Crippen LogP contribution in [0.2, 0.25) is 0 Å². The zero-order valence-electron chi connectivity index (χ0n) is 12.8. The molecule has 0 saturated heterocycles. The van der Waals surface area contributed by atoms with E-state index in [0.29, 0.717) is 17.4 Å². The minimum atomic E-state index is -0.230. The van der Waals surface area contributed by atoms with E-state index in [1.165, 1.54) is 29.4 Å². The number of anilines is 1. The summed E-state index contributed by atoms with van der Waals surface area (Å²) in [5.74, 6) is -0.209. The van der Waals surface area contributed by atoms with E-state index >= 15 is 0 Å². The number of amides is 2. The minimum absolute atomic E-state index is 0.200. The van der Waals surface area contributed by atoms with Crippen molar-refractivity contribution in [3.8, 4) is 0 Å². The maximum atomic E-state index is 12.1. The van der Waals surface area contributed by atoms with Crippen molar-refractivity contribution in [2.45, 2.75) is 26.7 Å². The molecule has 0 bridgehead atoms. The number of nitrogens with zero attached hydrogens (tertiary/aromatic N) is 1. The fourth-order valence-corrected chi connectivity index (χ4v) is 2.67. The van der Waals surface area contributed by atoms with Gasteiger partial charge in [0.25, 0.3) is 5.91 Å². The molecule has 2 N–H and O–H groups in total. The van der Waals surface area contributed by atoms with Crippen LogP contribution >= 0.6 is 11.3 Å². The van der Waals surface area contributed by atoms with Crippen LogP contribution in [0.4, 0.5) is 5.13 Å². The second-order valence-corrected chi connectivity index (χ2v) is 6.10. The van der Waals surface area contributed by atoms with Gasteiger partial charge in [-0.2, -0.15) is 0 Å². The summed E-state index contributed by atoms with van der Waals surface area (Å²) in [6, 6.07) is 8.27. The van der Waals surface area contributed by atoms with Crippen molar-refractivity contribution in [1.29, 1.82) is 0 Å². The van der Waals surface area contributed by atoms with E-state index in [1.807, 2.05) is 6.92 Å². The number of carbonyl (C=O) groups is 2. The first-order valence-corrected chi connectivity index (χ1v) is 7.91. The second-order valence-electron chi connectivity index (χ2n) is 5.24. The normalized spacial score (nSPS) is 11.8. The number of aromatic nitrogens is 1. The van der Waals surface area contributed by atoms with Gasteiger partial charge in [-0.25, -0.2) is 4.98 Å². The Bertz CT molecular complexity index is 664. The first-order chi connectivity index (χ1) is 10.5. The van der Waals surface area contributed by atoms with Crippen LogP contribution in [0.1, 0.15) is 41.4 Å². The summed E-state index contributed by atoms with van der Waals surface area (Å²) in [5, 5.41) is 7.51. The van der Waals surface area contributed by atoms with E-state index in [2.05, 4.69) is 46.8 Å². The van der Waals surface area contributed by atoms with Gasteiger partial charge in [0, 0.05) is 18.8 Å². The molecule has 0 radical (unpaired) electrons. The molecular formula is C16H19N3O2S. The van der Waals surface area contributed by atoms with Crippen LogP contribution < -0.4 is 10.6 Å². The summed E-state index contributed by atoms with van der Waals surface area (Å²) in [6.45, 7) is 6.05. The van der Waals surface area contributed by atoms with Gasteiger partial charge < -0.3 is 10.6 Å². The lowest BCUT2D eigenvalue weighted by Gasteiger charge is -2.12. The number of nitrogens with one attached hydrogen (secondary N) is 2. The topological polar surface area (TPSA) is 71.1 Å². The van der Waals surface area contributed by atoms with Crippen molar-refractivity contribution in [3.05, 3.63) is 46.5 Å². The van der Waals surface area contributed by atoms with Crippen molar-refractivity contribution in [2.24, 2.45) is 0 Å². The number of hydrogen-bond acceptors (Lipinski definition) is 4. The quantitative estimate of drug-likeness (QED) is 0.890. The molecule has 0 aliphatic rings. The summed E-state index contributed by atoms with van der Waals surface area (Å²) in [7, 11) is 0. The van der Waals surface area contributed by atoms with Crippen molar-refractivity contribution in [3.63, 3.8) is 0 Å². The third-order valence-corrected chi connectivity index (χ3v) is 3.99. The van der Waals surface area contributed by atoms with E-state index in [1.54, 1.807) is 5.38 Å². The molecule has 0 fully saturated rings. The smallest absolute Gasteiger partial charge is 0.270 e. The minimum Gasteiger partial charge on any atom is -0.350 e. The van der Waals surface area contributed by atoms with Crippen molar-refractivity contribution < 1.29 is 9.59 Å². The molecule has 0 saturated carbocycles. The number of hydrogen-bond donors (Lipinski definition) is 2. The first kappa shape index (κ1) is 16.2. The highest BCUT2D eigenvalue weighted by molar-refractivity contribution is 7.14. The van der Waals surface area contributed by atoms with E-state index in [-0.39, 0.29) is 17.7 Å². The Morgan fingerprint density at radius 2 is 1.95 bits per heavy atom. The molecule has 1 heterocycles. The summed E-state index contributed by atoms with van der Waals surface area (Å²) in [6.07, 6.45) is 0. The van der Waals surface area contributed by atoms with Crippen molar-refractivity contribution in [2.75, 3.05) is 11.9 Å². The summed E-state index contributed by atoms with van der Waals surface area (Å²) < 4.78 is 0. The lowest BCUT2D eigenvalue weighted by Crippen LogP contribution is -2.27. The van der Waals surface area contributed by atoms with Gasteiger partial charge >= 0.3 is 0 Å². The highest BCUT2D eigenvalue weighted by Crippen LogP contribution is 2.17. The largest absolute Gasteiger partial charge is 0.350 e. The molecule has 0 unspecified atom stereocenters. The molecule has 2 rings (SSSR count). The van der Waals surface area contributed by atoms with Gasteiger partial charge in [-0.3, -0.25) is 9.59 Å². The van der Waals surface area contributed by atoms with Crippen LogP contribution in [0.5, 0.6) is 0 Å². The summed E-state index contributed by atoms with van der Waals surface area (Å²) in [5.41, 5.74) is 2.72. The molecule has 0 aliphatic heterocycles. The van der Waals surface area contributed by atoms with E-state index in [4.69, 9.17) is 0 Å². The molecule has 1 aromatic carbocycles. The zero-order chi connectivity index (χ0) is 16.1. The summed E-state index contributed by atoms with van der Waals surface area (Å²) >= 11 is 1.23. The van der Waals surface area contributed by atoms with Crippen LogP contribution in [0, 0.1) is 6.92 Å². The van der Waals surface area contributed by atoms with E-state index in [9.17, 15) is 9.59 Å². The van der Waals surface area contributed by atoms with Gasteiger partial charge in [-0.15, -0.1) is 11.3 Å². The lowest BCUT2D eigenvalue weighted by molar-refractivity contribution is -0.114. The highest BCUT2D eigenvalue weighted by Gasteiger charge is 2.13. The molecule has 0 spiro atoms. The van der Waals surface area contributed by atoms with Gasteiger partial charge in [0.15, 0.2) is 5.13 Å². The Labute approximate surface area is 133 Å². The predicted octanol–water partition coefficient (Wildman–Crippen LogP) is 2.94. The monoisotopic (exact) mass is 317 g/mol. The van der Waals surface area contributed by atoms with Gasteiger partial charge in [-0.05, 0) is 18.4 Å². The average Bonchev–Trinajstić information content (AvgIpc) is 2.93. The lowest BCUT2D eigenvalue weighted by atomic mass is 10.00. The Hall–Kier alpha value is -2.21. The van der Waals surface area contributed by atoms with Gasteiger partial charge in [0.05, 0.1) is 0 Å². The number of thiazole rings is 1. The molecule has 0 aliphatic carbocycles. The number of aryl methyl sites for hydroxylation is 1. The maximum Gasteiger partial charge on any atom is 0.270 e. The number of carbonyl (C=O) groups excluding carboxylic acids is 2. The molecule has 6 heteroatoms. The molecule has 1 atom stereocenters. The Morgan fingerprint density at radius 3 is 2.59 bits per heavy atom. The van der Waals surface area contributed by atoms with Crippen LogP contribution in [0.15, 0.2) is 29.6 Å². The molecule has 116 valence electrons. The Kier molecular flexibility index (Phi) is 5.27. The standard InChI is InChI=1S/C16H19N3O2S/c1-10-4-6-13(7-5-10)11(2)8-17-15(21)14-9-22-16(19-14)18-12(3)20/h4-7,9,11H,8H2,1-3H3,(H,17,21)(H,18,19,20)/t11-/m0/s1. The van der Waals surface area contributed by atoms with Crippen molar-refractivity contribution in [1.82, 2.24) is 10.3 Å². The third kappa shape index (κ3) is 4.39. The average molecular weight is 317 g/mol. The Morgan fingerprint density at radius 1 is 1.27 bits per heavy atom. The highest BCUT2D eigenvalue weighted by atomic mass is 32.1. The molecule has 22 heavy (non-hydrogen) atoms. The van der Waals surface area contributed by atoms with Gasteiger partial charge in [0.2, 0.25) is 5.91 Å². The fraction of sp³-hybridized carbons (Fsp3) is 0.312. The second kappa shape index (κ2) is 7.17. The van der Waals surface area contributed by atoms with Gasteiger partial charge in [0.1, 0.15) is 5.69 Å². The van der Waals surface area contributed by atoms with Gasteiger partial charge in [-0.1, -0.05) is 36.8 Å². The van der Waals surface area contributed by atoms with Crippen molar-refractivity contribution >= 4 is 28.3 Å². The number of benzene rings is 1.